The largest absolute Gasteiger partial charge is 0.507 e. The zero-order chi connectivity index (χ0) is 23.7. The number of halogens is 3. The molecule has 1 fully saturated rings. The highest BCUT2D eigenvalue weighted by Crippen LogP contribution is 2.43. The van der Waals surface area contributed by atoms with E-state index in [0.717, 1.165) is 17.0 Å². The molecule has 9 heteroatoms. The first-order valence-electron chi connectivity index (χ1n) is 9.92. The predicted molar refractivity (Wildman–Crippen MR) is 118 cm³/mol. The number of ether oxygens (including phenoxy) is 1. The number of nitrogens with zero attached hydrogens (tertiary/aromatic N) is 2. The van der Waals surface area contributed by atoms with Crippen molar-refractivity contribution in [2.75, 3.05) is 11.5 Å². The Labute approximate surface area is 192 Å². The third kappa shape index (κ3) is 4.05. The van der Waals surface area contributed by atoms with Gasteiger partial charge < -0.3 is 9.84 Å². The summed E-state index contributed by atoms with van der Waals surface area (Å²) >= 11 is 6.12. The van der Waals surface area contributed by atoms with Crippen molar-refractivity contribution in [1.82, 2.24) is 4.98 Å². The number of Topliss-reactive ketones (excluding diaryl/α,β-unsaturated/α-hetero) is 1. The molecule has 1 amide bonds. The van der Waals surface area contributed by atoms with Gasteiger partial charge in [0.2, 0.25) is 0 Å². The Morgan fingerprint density at radius 1 is 1.18 bits per heavy atom. The Balaban J connectivity index is 1.94. The van der Waals surface area contributed by atoms with E-state index < -0.39 is 35.1 Å². The first kappa shape index (κ1) is 22.4. The molecule has 0 saturated carbocycles. The van der Waals surface area contributed by atoms with Crippen molar-refractivity contribution in [2.45, 2.75) is 13.0 Å². The second-order valence-corrected chi connectivity index (χ2v) is 7.54. The quantitative estimate of drug-likeness (QED) is 0.321. The van der Waals surface area contributed by atoms with E-state index in [1.165, 1.54) is 30.6 Å². The molecule has 0 aliphatic carbocycles. The molecule has 1 unspecified atom stereocenters. The minimum Gasteiger partial charge on any atom is -0.507 e. The molecule has 2 heterocycles. The Morgan fingerprint density at radius 3 is 2.64 bits per heavy atom. The predicted octanol–water partition coefficient (Wildman–Crippen LogP) is 5.04. The first-order chi connectivity index (χ1) is 15.8. The normalized spacial score (nSPS) is 17.5. The van der Waals surface area contributed by atoms with Crippen molar-refractivity contribution in [2.24, 2.45) is 0 Å². The molecule has 4 rings (SSSR count). The van der Waals surface area contributed by atoms with Crippen LogP contribution >= 0.6 is 11.6 Å². The van der Waals surface area contributed by atoms with Gasteiger partial charge in [-0.3, -0.25) is 19.5 Å². The first-order valence-corrected chi connectivity index (χ1v) is 10.3. The maximum Gasteiger partial charge on any atom is 0.300 e. The molecule has 1 N–H and O–H groups in total. The molecule has 1 atom stereocenters. The number of hydrogen-bond donors (Lipinski definition) is 1. The molecule has 168 valence electrons. The van der Waals surface area contributed by atoms with Gasteiger partial charge in [-0.25, -0.2) is 8.78 Å². The standard InChI is InChI=1S/C24H17ClF2N2O4/c1-2-33-19-10-13(5-7-16(19)25)22(30)20-21(14-4-3-9-28-12-14)29(24(32)23(20)31)18-8-6-15(26)11-17(18)27/h3-12,21,30H,2H2,1H3/b22-20+. The summed E-state index contributed by atoms with van der Waals surface area (Å²) in [7, 11) is 0. The fourth-order valence-corrected chi connectivity index (χ4v) is 3.86. The van der Waals surface area contributed by atoms with Crippen molar-refractivity contribution in [1.29, 1.82) is 0 Å². The van der Waals surface area contributed by atoms with Crippen LogP contribution in [0, 0.1) is 11.6 Å². The van der Waals surface area contributed by atoms with Gasteiger partial charge in [0.25, 0.3) is 11.7 Å². The van der Waals surface area contributed by atoms with Crippen molar-refractivity contribution < 1.29 is 28.2 Å². The SMILES string of the molecule is CCOc1cc(/C(O)=C2\C(=O)C(=O)N(c3ccc(F)cc3F)C2c2cccnc2)ccc1Cl. The number of hydrogen-bond acceptors (Lipinski definition) is 5. The molecule has 3 aromatic rings. The molecule has 6 nitrogen and oxygen atoms in total. The van der Waals surface area contributed by atoms with Crippen molar-refractivity contribution in [3.05, 3.63) is 94.3 Å². The summed E-state index contributed by atoms with van der Waals surface area (Å²) in [5, 5.41) is 11.4. The number of ketones is 1. The van der Waals surface area contributed by atoms with Crippen LogP contribution in [-0.4, -0.2) is 28.4 Å². The van der Waals surface area contributed by atoms with Crippen LogP contribution in [0.1, 0.15) is 24.1 Å². The molecule has 1 saturated heterocycles. The number of aromatic nitrogens is 1. The lowest BCUT2D eigenvalue weighted by molar-refractivity contribution is -0.132. The number of carbonyl (C=O) groups is 2. The Hall–Kier alpha value is -3.78. The highest BCUT2D eigenvalue weighted by Gasteiger charge is 2.47. The van der Waals surface area contributed by atoms with Crippen LogP contribution in [0.15, 0.2) is 66.5 Å². The van der Waals surface area contributed by atoms with Gasteiger partial charge in [-0.1, -0.05) is 17.7 Å². The van der Waals surface area contributed by atoms with Gasteiger partial charge in [0.05, 0.1) is 28.9 Å². The molecular weight excluding hydrogens is 454 g/mol. The van der Waals surface area contributed by atoms with Gasteiger partial charge >= 0.3 is 0 Å². The summed E-state index contributed by atoms with van der Waals surface area (Å²) in [6.07, 6.45) is 2.88. The minimum absolute atomic E-state index is 0.175. The van der Waals surface area contributed by atoms with Crippen molar-refractivity contribution >= 4 is 34.7 Å². The summed E-state index contributed by atoms with van der Waals surface area (Å²) in [6.45, 7) is 2.07. The topological polar surface area (TPSA) is 79.7 Å². The number of pyridine rings is 1. The Kier molecular flexibility index (Phi) is 6.11. The van der Waals surface area contributed by atoms with Gasteiger partial charge in [0, 0.05) is 24.0 Å². The van der Waals surface area contributed by atoms with Crippen molar-refractivity contribution in [3.63, 3.8) is 0 Å². The number of aliphatic hydroxyl groups is 1. The zero-order valence-corrected chi connectivity index (χ0v) is 18.0. The van der Waals surface area contributed by atoms with E-state index in [2.05, 4.69) is 4.98 Å². The van der Waals surface area contributed by atoms with Gasteiger partial charge in [0.15, 0.2) is 0 Å². The maximum absolute atomic E-state index is 14.7. The van der Waals surface area contributed by atoms with Crippen LogP contribution in [0.5, 0.6) is 5.75 Å². The second kappa shape index (κ2) is 8.99. The van der Waals surface area contributed by atoms with E-state index in [-0.39, 0.29) is 22.6 Å². The lowest BCUT2D eigenvalue weighted by atomic mass is 9.96. The second-order valence-electron chi connectivity index (χ2n) is 7.13. The van der Waals surface area contributed by atoms with Crippen LogP contribution in [0.3, 0.4) is 0 Å². The van der Waals surface area contributed by atoms with E-state index in [0.29, 0.717) is 23.3 Å². The summed E-state index contributed by atoms with van der Waals surface area (Å²) in [4.78, 5) is 31.0. The molecule has 0 spiro atoms. The molecule has 0 bridgehead atoms. The van der Waals surface area contributed by atoms with Crippen LogP contribution < -0.4 is 9.64 Å². The van der Waals surface area contributed by atoms with Gasteiger partial charge in [-0.15, -0.1) is 0 Å². The highest BCUT2D eigenvalue weighted by atomic mass is 35.5. The number of carbonyl (C=O) groups excluding carboxylic acids is 2. The van der Waals surface area contributed by atoms with Gasteiger partial charge in [-0.05, 0) is 48.9 Å². The number of rotatable bonds is 5. The average molecular weight is 471 g/mol. The lowest BCUT2D eigenvalue weighted by Gasteiger charge is -2.25. The van der Waals surface area contributed by atoms with Crippen LogP contribution in [0.4, 0.5) is 14.5 Å². The lowest BCUT2D eigenvalue weighted by Crippen LogP contribution is -2.30. The smallest absolute Gasteiger partial charge is 0.300 e. The van der Waals surface area contributed by atoms with E-state index in [1.807, 2.05) is 0 Å². The summed E-state index contributed by atoms with van der Waals surface area (Å²) in [6, 6.07) is 8.99. The molecule has 1 aromatic heterocycles. The fraction of sp³-hybridized carbons (Fsp3) is 0.125. The zero-order valence-electron chi connectivity index (χ0n) is 17.3. The molecule has 0 radical (unpaired) electrons. The number of aliphatic hydroxyl groups excluding tert-OH is 1. The molecule has 1 aliphatic rings. The molecule has 1 aliphatic heterocycles. The van der Waals surface area contributed by atoms with Crippen LogP contribution in [0.25, 0.3) is 5.76 Å². The van der Waals surface area contributed by atoms with Crippen molar-refractivity contribution in [3.8, 4) is 5.75 Å². The summed E-state index contributed by atoms with van der Waals surface area (Å²) in [5.41, 5.74) is -0.0608. The molecule has 33 heavy (non-hydrogen) atoms. The average Bonchev–Trinajstić information content (AvgIpc) is 3.06. The van der Waals surface area contributed by atoms with Crippen LogP contribution in [0.2, 0.25) is 5.02 Å². The number of anilines is 1. The highest BCUT2D eigenvalue weighted by molar-refractivity contribution is 6.51. The Morgan fingerprint density at radius 2 is 1.97 bits per heavy atom. The third-order valence-electron chi connectivity index (χ3n) is 5.12. The monoisotopic (exact) mass is 470 g/mol. The molecular formula is C24H17ClF2N2O4. The number of benzene rings is 2. The van der Waals surface area contributed by atoms with Gasteiger partial charge in [0.1, 0.15) is 23.1 Å². The Bertz CT molecular complexity index is 1280. The fourth-order valence-electron chi connectivity index (χ4n) is 3.68. The maximum atomic E-state index is 14.7. The summed E-state index contributed by atoms with van der Waals surface area (Å²) < 4.78 is 33.6. The van der Waals surface area contributed by atoms with Gasteiger partial charge in [-0.2, -0.15) is 0 Å². The van der Waals surface area contributed by atoms with E-state index >= 15 is 0 Å². The van der Waals surface area contributed by atoms with E-state index in [9.17, 15) is 23.5 Å². The summed E-state index contributed by atoms with van der Waals surface area (Å²) in [5.74, 6) is -4.19. The molecule has 2 aromatic carbocycles. The third-order valence-corrected chi connectivity index (χ3v) is 5.43. The van der Waals surface area contributed by atoms with Crippen LogP contribution in [-0.2, 0) is 9.59 Å². The van der Waals surface area contributed by atoms with E-state index in [1.54, 1.807) is 19.1 Å². The van der Waals surface area contributed by atoms with E-state index in [4.69, 9.17) is 16.3 Å². The number of amides is 1. The minimum atomic E-state index is -1.20.